The van der Waals surface area contributed by atoms with Crippen LogP contribution in [0.5, 0.6) is 0 Å². The molecule has 1 aliphatic heterocycles. The molecule has 10 heteroatoms. The Kier molecular flexibility index (Phi) is 11.0. The second kappa shape index (κ2) is 12.3. The van der Waals surface area contributed by atoms with E-state index in [-0.39, 0.29) is 6.42 Å². The number of aliphatic hydroxyl groups is 4. The Morgan fingerprint density at radius 3 is 1.85 bits per heavy atom. The van der Waals surface area contributed by atoms with Crippen molar-refractivity contribution in [3.05, 3.63) is 0 Å². The summed E-state index contributed by atoms with van der Waals surface area (Å²) in [5, 5.41) is 53.2. The highest BCUT2D eigenvalue weighted by atomic mass is 16.7. The Balaban J connectivity index is 2.22. The maximum Gasteiger partial charge on any atom is 0.407 e. The summed E-state index contributed by atoms with van der Waals surface area (Å²) in [6, 6.07) is 0. The van der Waals surface area contributed by atoms with E-state index in [1.165, 1.54) is 20.8 Å². The number of aliphatic carboxylic acids is 1. The molecule has 1 fully saturated rings. The first-order valence-corrected chi connectivity index (χ1v) is 11.8. The zero-order valence-electron chi connectivity index (χ0n) is 20.4. The zero-order chi connectivity index (χ0) is 25.3. The fraction of sp³-hybridized carbons (Fsp3) is 0.913. The first-order valence-electron chi connectivity index (χ1n) is 11.8. The van der Waals surface area contributed by atoms with E-state index in [1.807, 2.05) is 0 Å². The molecule has 1 saturated heterocycles. The number of nitrogens with one attached hydrogen (secondary N) is 1. The lowest BCUT2D eigenvalue weighted by Gasteiger charge is -2.59. The van der Waals surface area contributed by atoms with Gasteiger partial charge in [0.05, 0.1) is 0 Å². The third-order valence-electron chi connectivity index (χ3n) is 6.81. The first kappa shape index (κ1) is 29.6. The number of carboxylic acids is 1. The molecular formula is C23H43NO9. The fourth-order valence-corrected chi connectivity index (χ4v) is 3.99. The molecule has 5 atom stereocenters. The summed E-state index contributed by atoms with van der Waals surface area (Å²) in [6.07, 6.45) is 6.64. The molecule has 0 aromatic carbocycles. The van der Waals surface area contributed by atoms with Crippen molar-refractivity contribution in [1.82, 2.24) is 5.32 Å². The van der Waals surface area contributed by atoms with Gasteiger partial charge in [-0.25, -0.2) is 4.79 Å². The fourth-order valence-electron chi connectivity index (χ4n) is 3.99. The minimum Gasteiger partial charge on any atom is -0.481 e. The van der Waals surface area contributed by atoms with Gasteiger partial charge >= 0.3 is 12.1 Å². The summed E-state index contributed by atoms with van der Waals surface area (Å²) in [7, 11) is 0. The predicted molar refractivity (Wildman–Crippen MR) is 121 cm³/mol. The number of hydrogen-bond donors (Lipinski definition) is 6. The van der Waals surface area contributed by atoms with Gasteiger partial charge in [0.1, 0.15) is 29.5 Å². The maximum atomic E-state index is 12.0. The average Bonchev–Trinajstić information content (AvgIpc) is 2.70. The highest BCUT2D eigenvalue weighted by Crippen LogP contribution is 2.46. The van der Waals surface area contributed by atoms with E-state index in [0.29, 0.717) is 6.54 Å². The molecule has 0 spiro atoms. The molecular weight excluding hydrogens is 434 g/mol. The summed E-state index contributed by atoms with van der Waals surface area (Å²) >= 11 is 0. The normalized spacial score (nSPS) is 34.1. The number of carbonyl (C=O) groups is 2. The molecule has 194 valence electrons. The van der Waals surface area contributed by atoms with Gasteiger partial charge in [-0.05, 0) is 40.5 Å². The number of ether oxygens (including phenoxy) is 2. The van der Waals surface area contributed by atoms with E-state index in [1.54, 1.807) is 0 Å². The van der Waals surface area contributed by atoms with Crippen LogP contribution in [-0.4, -0.2) is 79.4 Å². The SMILES string of the molecule is CC1(O)[C@H](O)[C@](C)(O)C(C)(COC(=O)NCCCCCCCCCCCC(=O)O)O[C@]1(C)O. The van der Waals surface area contributed by atoms with Gasteiger partial charge < -0.3 is 40.3 Å². The number of amides is 1. The van der Waals surface area contributed by atoms with Crippen LogP contribution in [0.4, 0.5) is 4.79 Å². The van der Waals surface area contributed by atoms with Gasteiger partial charge in [0.15, 0.2) is 5.79 Å². The van der Waals surface area contributed by atoms with Crippen LogP contribution >= 0.6 is 0 Å². The summed E-state index contributed by atoms with van der Waals surface area (Å²) in [6.45, 7) is 4.95. The Hall–Kier alpha value is -1.46. The van der Waals surface area contributed by atoms with Gasteiger partial charge in [0.25, 0.3) is 0 Å². The molecule has 6 N–H and O–H groups in total. The van der Waals surface area contributed by atoms with Crippen molar-refractivity contribution >= 4 is 12.1 Å². The highest BCUT2D eigenvalue weighted by molar-refractivity contribution is 5.67. The van der Waals surface area contributed by atoms with Crippen LogP contribution in [0.3, 0.4) is 0 Å². The van der Waals surface area contributed by atoms with Crippen LogP contribution in [0.25, 0.3) is 0 Å². The van der Waals surface area contributed by atoms with Crippen molar-refractivity contribution in [2.45, 2.75) is 121 Å². The van der Waals surface area contributed by atoms with Crippen molar-refractivity contribution in [2.24, 2.45) is 0 Å². The molecule has 10 nitrogen and oxygen atoms in total. The number of rotatable bonds is 14. The number of carbonyl (C=O) groups excluding carboxylic acids is 1. The molecule has 1 amide bonds. The number of hydrogen-bond acceptors (Lipinski definition) is 8. The Morgan fingerprint density at radius 2 is 1.33 bits per heavy atom. The van der Waals surface area contributed by atoms with Crippen LogP contribution in [0, 0.1) is 0 Å². The van der Waals surface area contributed by atoms with E-state index < -0.39 is 47.4 Å². The topological polar surface area (TPSA) is 166 Å². The van der Waals surface area contributed by atoms with E-state index in [0.717, 1.165) is 64.7 Å². The number of aliphatic hydroxyl groups excluding tert-OH is 1. The average molecular weight is 478 g/mol. The van der Waals surface area contributed by atoms with Crippen LogP contribution in [0.2, 0.25) is 0 Å². The third-order valence-corrected chi connectivity index (χ3v) is 6.81. The molecule has 33 heavy (non-hydrogen) atoms. The monoisotopic (exact) mass is 477 g/mol. The molecule has 2 unspecified atom stereocenters. The number of carboxylic acid groups (broad SMARTS) is 1. The van der Waals surface area contributed by atoms with Gasteiger partial charge in [-0.3, -0.25) is 4.79 Å². The Bertz CT molecular complexity index is 635. The highest BCUT2D eigenvalue weighted by Gasteiger charge is 2.68. The van der Waals surface area contributed by atoms with Crippen LogP contribution in [0.15, 0.2) is 0 Å². The molecule has 0 aromatic heterocycles. The minimum absolute atomic E-state index is 0.242. The van der Waals surface area contributed by atoms with Crippen molar-refractivity contribution in [2.75, 3.05) is 13.2 Å². The van der Waals surface area contributed by atoms with Crippen LogP contribution in [0.1, 0.15) is 91.9 Å². The Labute approximate surface area is 196 Å². The summed E-state index contributed by atoms with van der Waals surface area (Å²) in [5.41, 5.74) is -5.81. The molecule has 1 rings (SSSR count). The molecule has 1 aliphatic rings. The Morgan fingerprint density at radius 1 is 0.848 bits per heavy atom. The second-order valence-corrected chi connectivity index (χ2v) is 9.84. The quantitative estimate of drug-likeness (QED) is 0.205. The summed E-state index contributed by atoms with van der Waals surface area (Å²) in [4.78, 5) is 22.5. The van der Waals surface area contributed by atoms with E-state index in [9.17, 15) is 30.0 Å². The van der Waals surface area contributed by atoms with Gasteiger partial charge in [0, 0.05) is 13.0 Å². The minimum atomic E-state index is -2.18. The van der Waals surface area contributed by atoms with Gasteiger partial charge in [-0.2, -0.15) is 0 Å². The zero-order valence-corrected chi connectivity index (χ0v) is 20.4. The van der Waals surface area contributed by atoms with Crippen molar-refractivity contribution in [1.29, 1.82) is 0 Å². The largest absolute Gasteiger partial charge is 0.481 e. The molecule has 0 radical (unpaired) electrons. The maximum absolute atomic E-state index is 12.0. The summed E-state index contributed by atoms with van der Waals surface area (Å²) < 4.78 is 10.7. The molecule has 0 bridgehead atoms. The third kappa shape index (κ3) is 8.06. The van der Waals surface area contributed by atoms with E-state index >= 15 is 0 Å². The van der Waals surface area contributed by atoms with E-state index in [4.69, 9.17) is 14.6 Å². The first-order chi connectivity index (χ1) is 15.2. The van der Waals surface area contributed by atoms with Gasteiger partial charge in [-0.15, -0.1) is 0 Å². The van der Waals surface area contributed by atoms with Crippen molar-refractivity contribution in [3.63, 3.8) is 0 Å². The lowest BCUT2D eigenvalue weighted by molar-refractivity contribution is -0.423. The summed E-state index contributed by atoms with van der Waals surface area (Å²) in [5.74, 6) is -2.92. The number of alkyl carbamates (subject to hydrolysis) is 1. The van der Waals surface area contributed by atoms with Gasteiger partial charge in [0.2, 0.25) is 0 Å². The lowest BCUT2D eigenvalue weighted by atomic mass is 9.69. The van der Waals surface area contributed by atoms with Gasteiger partial charge in [-0.1, -0.05) is 44.9 Å². The lowest BCUT2D eigenvalue weighted by Crippen LogP contribution is -2.79. The number of unbranched alkanes of at least 4 members (excludes halogenated alkanes) is 8. The molecule has 0 saturated carbocycles. The van der Waals surface area contributed by atoms with Crippen LogP contribution < -0.4 is 5.32 Å². The molecule has 1 heterocycles. The smallest absolute Gasteiger partial charge is 0.407 e. The standard InChI is InChI=1S/C23H43NO9/c1-20(21(2,29)18(27)22(3,30)23(4,31)33-20)16-32-19(28)24-15-13-11-9-7-5-6-8-10-12-14-17(25)26/h18,27,29-31H,5-16H2,1-4H3,(H,24,28)(H,25,26)/t18-,20?,21+,22?,23+/m1/s1. The van der Waals surface area contributed by atoms with Crippen LogP contribution in [-0.2, 0) is 14.3 Å². The predicted octanol–water partition coefficient (Wildman–Crippen LogP) is 2.06. The van der Waals surface area contributed by atoms with E-state index in [2.05, 4.69) is 5.32 Å². The molecule has 0 aromatic rings. The second-order valence-electron chi connectivity index (χ2n) is 9.84. The van der Waals surface area contributed by atoms with Crippen molar-refractivity contribution in [3.8, 4) is 0 Å². The molecule has 0 aliphatic carbocycles. The van der Waals surface area contributed by atoms with Crippen molar-refractivity contribution < 1.29 is 44.6 Å².